The minimum absolute atomic E-state index is 0.136. The molecule has 0 aliphatic carbocycles. The molecule has 0 unspecified atom stereocenters. The van der Waals surface area contributed by atoms with Gasteiger partial charge in [-0.3, -0.25) is 4.79 Å². The SMILES string of the molecule is CNc1nc(C)ncc1Cn1c(C)cc(OCc2ccc(F)cc2F)c(Br)c1=O.O=C(O)C(F)(F)F. The third-order valence-corrected chi connectivity index (χ3v) is 5.34. The zero-order chi connectivity index (χ0) is 27.2. The van der Waals surface area contributed by atoms with E-state index in [-0.39, 0.29) is 34.5 Å². The molecule has 0 atom stereocenters. The summed E-state index contributed by atoms with van der Waals surface area (Å²) >= 11 is 3.27. The third kappa shape index (κ3) is 7.47. The summed E-state index contributed by atoms with van der Waals surface area (Å²) in [6.45, 7) is 3.69. The number of carbonyl (C=O) groups is 1. The van der Waals surface area contributed by atoms with Gasteiger partial charge in [-0.25, -0.2) is 23.5 Å². The number of halogens is 6. The van der Waals surface area contributed by atoms with Crippen LogP contribution in [0.2, 0.25) is 0 Å². The van der Waals surface area contributed by atoms with E-state index in [2.05, 4.69) is 31.2 Å². The maximum Gasteiger partial charge on any atom is 0.490 e. The quantitative estimate of drug-likeness (QED) is 0.412. The maximum atomic E-state index is 13.8. The van der Waals surface area contributed by atoms with Crippen LogP contribution in [0.4, 0.5) is 27.8 Å². The van der Waals surface area contributed by atoms with Crippen LogP contribution in [0.1, 0.15) is 22.6 Å². The number of aliphatic carboxylic acids is 1. The zero-order valence-electron chi connectivity index (χ0n) is 19.1. The van der Waals surface area contributed by atoms with Crippen LogP contribution in [-0.4, -0.2) is 38.8 Å². The van der Waals surface area contributed by atoms with Crippen molar-refractivity contribution >= 4 is 27.7 Å². The number of pyridine rings is 1. The van der Waals surface area contributed by atoms with Crippen molar-refractivity contribution in [2.75, 3.05) is 12.4 Å². The van der Waals surface area contributed by atoms with Gasteiger partial charge in [0.05, 0.1) is 6.54 Å². The number of nitrogens with one attached hydrogen (secondary N) is 1. The van der Waals surface area contributed by atoms with Crippen molar-refractivity contribution in [3.63, 3.8) is 0 Å². The number of nitrogens with zero attached hydrogens (tertiary/aromatic N) is 3. The summed E-state index contributed by atoms with van der Waals surface area (Å²) in [5.74, 6) is -2.57. The fourth-order valence-electron chi connectivity index (χ4n) is 2.81. The number of anilines is 1. The minimum Gasteiger partial charge on any atom is -0.487 e. The number of ether oxygens (including phenoxy) is 1. The lowest BCUT2D eigenvalue weighted by Crippen LogP contribution is -2.25. The molecule has 3 rings (SSSR count). The van der Waals surface area contributed by atoms with Crippen molar-refractivity contribution in [3.05, 3.63) is 79.6 Å². The molecular formula is C22H20BrF5N4O4. The molecule has 36 heavy (non-hydrogen) atoms. The highest BCUT2D eigenvalue weighted by atomic mass is 79.9. The summed E-state index contributed by atoms with van der Waals surface area (Å²) in [5.41, 5.74) is 1.30. The molecule has 194 valence electrons. The number of aryl methyl sites for hydroxylation is 2. The van der Waals surface area contributed by atoms with Gasteiger partial charge in [-0.05, 0) is 41.9 Å². The smallest absolute Gasteiger partial charge is 0.487 e. The molecule has 0 radical (unpaired) electrons. The van der Waals surface area contributed by atoms with Gasteiger partial charge in [0, 0.05) is 42.2 Å². The van der Waals surface area contributed by atoms with Crippen LogP contribution < -0.4 is 15.6 Å². The van der Waals surface area contributed by atoms with E-state index in [4.69, 9.17) is 14.6 Å². The lowest BCUT2D eigenvalue weighted by Gasteiger charge is -2.16. The first kappa shape index (κ1) is 28.7. The number of hydrogen-bond acceptors (Lipinski definition) is 6. The Morgan fingerprint density at radius 3 is 2.39 bits per heavy atom. The monoisotopic (exact) mass is 578 g/mol. The topological polar surface area (TPSA) is 106 Å². The van der Waals surface area contributed by atoms with Crippen molar-refractivity contribution < 1.29 is 36.6 Å². The molecule has 0 aliphatic heterocycles. The molecule has 0 aliphatic rings. The van der Waals surface area contributed by atoms with Gasteiger partial charge in [-0.1, -0.05) is 0 Å². The molecule has 0 fully saturated rings. The van der Waals surface area contributed by atoms with Crippen molar-refractivity contribution in [1.29, 1.82) is 0 Å². The molecule has 2 aromatic heterocycles. The summed E-state index contributed by atoms with van der Waals surface area (Å²) in [5, 5.41) is 10.1. The number of benzene rings is 1. The number of alkyl halides is 3. The number of aromatic nitrogens is 3. The number of hydrogen-bond donors (Lipinski definition) is 2. The Kier molecular flexibility index (Phi) is 9.50. The summed E-state index contributed by atoms with van der Waals surface area (Å²) in [4.78, 5) is 30.3. The van der Waals surface area contributed by atoms with Crippen LogP contribution >= 0.6 is 15.9 Å². The zero-order valence-corrected chi connectivity index (χ0v) is 20.7. The van der Waals surface area contributed by atoms with Gasteiger partial charge in [0.25, 0.3) is 5.56 Å². The Bertz CT molecular complexity index is 1310. The summed E-state index contributed by atoms with van der Waals surface area (Å²) < 4.78 is 66.0. The largest absolute Gasteiger partial charge is 0.490 e. The summed E-state index contributed by atoms with van der Waals surface area (Å²) in [7, 11) is 1.75. The van der Waals surface area contributed by atoms with E-state index >= 15 is 0 Å². The second kappa shape index (κ2) is 11.9. The van der Waals surface area contributed by atoms with E-state index in [0.29, 0.717) is 17.3 Å². The van der Waals surface area contributed by atoms with Gasteiger partial charge in [0.15, 0.2) is 0 Å². The molecule has 0 saturated heterocycles. The molecular weight excluding hydrogens is 559 g/mol. The van der Waals surface area contributed by atoms with Crippen LogP contribution in [0.5, 0.6) is 5.75 Å². The molecule has 0 amide bonds. The molecule has 14 heteroatoms. The van der Waals surface area contributed by atoms with E-state index in [1.54, 1.807) is 37.7 Å². The Hall–Kier alpha value is -3.55. The average Bonchev–Trinajstić information content (AvgIpc) is 2.79. The van der Waals surface area contributed by atoms with Crippen LogP contribution in [0, 0.1) is 25.5 Å². The second-order valence-electron chi connectivity index (χ2n) is 7.22. The second-order valence-corrected chi connectivity index (χ2v) is 8.02. The van der Waals surface area contributed by atoms with Gasteiger partial charge in [-0.15, -0.1) is 0 Å². The Labute approximate surface area is 209 Å². The normalized spacial score (nSPS) is 10.9. The molecule has 0 saturated carbocycles. The van der Waals surface area contributed by atoms with Gasteiger partial charge in [-0.2, -0.15) is 13.2 Å². The van der Waals surface area contributed by atoms with Crippen molar-refractivity contribution in [3.8, 4) is 5.75 Å². The first-order valence-electron chi connectivity index (χ1n) is 10.0. The van der Waals surface area contributed by atoms with Crippen molar-refractivity contribution in [2.24, 2.45) is 0 Å². The molecule has 0 spiro atoms. The molecule has 2 heterocycles. The molecule has 8 nitrogen and oxygen atoms in total. The Balaban J connectivity index is 0.000000572. The van der Waals surface area contributed by atoms with Crippen LogP contribution in [0.15, 0.2) is 39.7 Å². The Morgan fingerprint density at radius 1 is 1.19 bits per heavy atom. The predicted octanol–water partition coefficient (Wildman–Crippen LogP) is 4.60. The fourth-order valence-corrected chi connectivity index (χ4v) is 3.25. The molecule has 2 N–H and O–H groups in total. The molecule has 1 aromatic carbocycles. The number of carboxylic acid groups (broad SMARTS) is 1. The van der Waals surface area contributed by atoms with E-state index < -0.39 is 23.8 Å². The van der Waals surface area contributed by atoms with Crippen LogP contribution in [-0.2, 0) is 17.9 Å². The van der Waals surface area contributed by atoms with Crippen LogP contribution in [0.3, 0.4) is 0 Å². The van der Waals surface area contributed by atoms with E-state index in [9.17, 15) is 26.7 Å². The number of carboxylic acids is 1. The standard InChI is InChI=1S/C20H19BrF2N4O2.C2HF3O2/c1-11-6-17(29-10-13-4-5-15(22)7-16(13)23)18(21)20(28)27(11)9-14-8-25-12(2)26-19(14)24-3;3-2(4,5)1(6)7/h4-8H,9-10H2,1-3H3,(H,24,25,26);(H,6,7). The highest BCUT2D eigenvalue weighted by Crippen LogP contribution is 2.25. The lowest BCUT2D eigenvalue weighted by atomic mass is 10.2. The summed E-state index contributed by atoms with van der Waals surface area (Å²) in [6, 6.07) is 4.94. The number of rotatable bonds is 6. The third-order valence-electron chi connectivity index (χ3n) is 4.61. The molecule has 3 aromatic rings. The summed E-state index contributed by atoms with van der Waals surface area (Å²) in [6.07, 6.45) is -3.41. The van der Waals surface area contributed by atoms with Crippen molar-refractivity contribution in [1.82, 2.24) is 14.5 Å². The highest BCUT2D eigenvalue weighted by molar-refractivity contribution is 9.10. The fraction of sp³-hybridized carbons (Fsp3) is 0.273. The lowest BCUT2D eigenvalue weighted by molar-refractivity contribution is -0.192. The first-order valence-corrected chi connectivity index (χ1v) is 10.8. The predicted molar refractivity (Wildman–Crippen MR) is 123 cm³/mol. The van der Waals surface area contributed by atoms with Crippen LogP contribution in [0.25, 0.3) is 0 Å². The molecule has 0 bridgehead atoms. The minimum atomic E-state index is -5.08. The highest BCUT2D eigenvalue weighted by Gasteiger charge is 2.38. The van der Waals surface area contributed by atoms with E-state index in [1.165, 1.54) is 6.07 Å². The Morgan fingerprint density at radius 2 is 1.83 bits per heavy atom. The van der Waals surface area contributed by atoms with Gasteiger partial charge in [0.1, 0.15) is 40.1 Å². The van der Waals surface area contributed by atoms with Crippen molar-refractivity contribution in [2.45, 2.75) is 33.2 Å². The van der Waals surface area contributed by atoms with Gasteiger partial charge < -0.3 is 19.7 Å². The first-order chi connectivity index (χ1) is 16.7. The maximum absolute atomic E-state index is 13.8. The van der Waals surface area contributed by atoms with Gasteiger partial charge in [0.2, 0.25) is 0 Å². The van der Waals surface area contributed by atoms with E-state index in [0.717, 1.165) is 17.7 Å². The van der Waals surface area contributed by atoms with E-state index in [1.807, 2.05) is 0 Å². The average molecular weight is 579 g/mol. The van der Waals surface area contributed by atoms with Gasteiger partial charge >= 0.3 is 12.1 Å².